The molecule has 0 aliphatic carbocycles. The van der Waals surface area contributed by atoms with Gasteiger partial charge in [-0.15, -0.1) is 17.7 Å². The zero-order chi connectivity index (χ0) is 13.9. The molecule has 0 spiro atoms. The highest BCUT2D eigenvalue weighted by Crippen LogP contribution is 2.41. The molecule has 19 heavy (non-hydrogen) atoms. The lowest BCUT2D eigenvalue weighted by Gasteiger charge is -2.21. The molecule has 2 rings (SSSR count). The highest BCUT2D eigenvalue weighted by atomic mass is 32.2. The quantitative estimate of drug-likeness (QED) is 0.505. The van der Waals surface area contributed by atoms with E-state index < -0.39 is 0 Å². The number of hydrazine groups is 1. The predicted molar refractivity (Wildman–Crippen MR) is 82.9 cm³/mol. The Kier molecular flexibility index (Phi) is 4.57. The van der Waals surface area contributed by atoms with Crippen molar-refractivity contribution in [2.24, 2.45) is 11.3 Å². The Morgan fingerprint density at radius 2 is 2.16 bits per heavy atom. The van der Waals surface area contributed by atoms with Gasteiger partial charge < -0.3 is 0 Å². The summed E-state index contributed by atoms with van der Waals surface area (Å²) in [7, 11) is 0. The lowest BCUT2D eigenvalue weighted by Crippen LogP contribution is -2.39. The van der Waals surface area contributed by atoms with Crippen molar-refractivity contribution in [1.29, 1.82) is 0 Å². The smallest absolute Gasteiger partial charge is 0.0396 e. The van der Waals surface area contributed by atoms with E-state index in [1.807, 2.05) is 11.8 Å². The van der Waals surface area contributed by atoms with Crippen molar-refractivity contribution < 1.29 is 0 Å². The van der Waals surface area contributed by atoms with Gasteiger partial charge in [0.15, 0.2) is 0 Å². The Balaban J connectivity index is 2.09. The molecule has 2 nitrogen and oxygen atoms in total. The fourth-order valence-electron chi connectivity index (χ4n) is 2.26. The van der Waals surface area contributed by atoms with Crippen LogP contribution >= 0.6 is 11.8 Å². The second kappa shape index (κ2) is 6.00. The van der Waals surface area contributed by atoms with Gasteiger partial charge in [0.05, 0.1) is 0 Å². The minimum Gasteiger partial charge on any atom is -0.271 e. The highest BCUT2D eigenvalue weighted by Gasteiger charge is 2.29. The van der Waals surface area contributed by atoms with Crippen LogP contribution in [0.1, 0.15) is 38.7 Å². The van der Waals surface area contributed by atoms with Gasteiger partial charge in [-0.2, -0.15) is 0 Å². The summed E-state index contributed by atoms with van der Waals surface area (Å²) in [5, 5.41) is 0. The van der Waals surface area contributed by atoms with Gasteiger partial charge >= 0.3 is 0 Å². The van der Waals surface area contributed by atoms with E-state index in [9.17, 15) is 0 Å². The summed E-state index contributed by atoms with van der Waals surface area (Å²) < 4.78 is 0. The van der Waals surface area contributed by atoms with Gasteiger partial charge in [0, 0.05) is 34.4 Å². The number of nitrogens with one attached hydrogen (secondary N) is 1. The number of nitrogens with two attached hydrogens (primary N) is 1. The van der Waals surface area contributed by atoms with Crippen molar-refractivity contribution >= 4 is 11.8 Å². The molecule has 0 saturated heterocycles. The SMILES string of the molecule is CC(C)(C)C#CCC(NN)C1CSc2ccccc21. The summed E-state index contributed by atoms with van der Waals surface area (Å²) >= 11 is 1.91. The molecule has 2 atom stereocenters. The number of hydrogen-bond donors (Lipinski definition) is 2. The van der Waals surface area contributed by atoms with Gasteiger partial charge in [-0.3, -0.25) is 11.3 Å². The van der Waals surface area contributed by atoms with Crippen LogP contribution in [0, 0.1) is 17.3 Å². The van der Waals surface area contributed by atoms with Crippen molar-refractivity contribution in [3.8, 4) is 11.8 Å². The van der Waals surface area contributed by atoms with E-state index in [2.05, 4.69) is 62.3 Å². The van der Waals surface area contributed by atoms with Crippen molar-refractivity contribution in [2.45, 2.75) is 44.0 Å². The number of fused-ring (bicyclic) bond motifs is 1. The van der Waals surface area contributed by atoms with Gasteiger partial charge in [0.25, 0.3) is 0 Å². The molecule has 0 fully saturated rings. The van der Waals surface area contributed by atoms with Crippen LogP contribution in [0.5, 0.6) is 0 Å². The third-order valence-electron chi connectivity index (χ3n) is 3.22. The van der Waals surface area contributed by atoms with E-state index in [1.165, 1.54) is 10.5 Å². The van der Waals surface area contributed by atoms with Crippen LogP contribution in [-0.4, -0.2) is 11.8 Å². The van der Waals surface area contributed by atoms with Crippen LogP contribution in [0.25, 0.3) is 0 Å². The van der Waals surface area contributed by atoms with Crippen molar-refractivity contribution in [3.05, 3.63) is 29.8 Å². The Bertz CT molecular complexity index is 493. The molecule has 102 valence electrons. The summed E-state index contributed by atoms with van der Waals surface area (Å²) in [4.78, 5) is 1.39. The fourth-order valence-corrected chi connectivity index (χ4v) is 3.60. The van der Waals surface area contributed by atoms with Crippen molar-refractivity contribution in [3.63, 3.8) is 0 Å². The van der Waals surface area contributed by atoms with Gasteiger partial charge in [0.2, 0.25) is 0 Å². The summed E-state index contributed by atoms with van der Waals surface area (Å²) in [6.45, 7) is 6.39. The molecule has 1 aromatic rings. The van der Waals surface area contributed by atoms with Crippen LogP contribution in [0.2, 0.25) is 0 Å². The van der Waals surface area contributed by atoms with E-state index >= 15 is 0 Å². The molecule has 2 unspecified atom stereocenters. The number of hydrogen-bond acceptors (Lipinski definition) is 3. The molecule has 0 amide bonds. The Morgan fingerprint density at radius 3 is 2.84 bits per heavy atom. The van der Waals surface area contributed by atoms with Crippen LogP contribution in [0.15, 0.2) is 29.2 Å². The molecule has 0 aromatic heterocycles. The fraction of sp³-hybridized carbons (Fsp3) is 0.500. The second-order valence-electron chi connectivity index (χ2n) is 5.98. The Morgan fingerprint density at radius 1 is 1.42 bits per heavy atom. The summed E-state index contributed by atoms with van der Waals surface area (Å²) in [5.41, 5.74) is 4.42. The number of rotatable bonds is 3. The lowest BCUT2D eigenvalue weighted by atomic mass is 9.91. The number of thioether (sulfide) groups is 1. The largest absolute Gasteiger partial charge is 0.271 e. The van der Waals surface area contributed by atoms with Crippen LogP contribution in [-0.2, 0) is 0 Å². The molecule has 1 aromatic carbocycles. The Labute approximate surface area is 120 Å². The van der Waals surface area contributed by atoms with Crippen LogP contribution in [0.4, 0.5) is 0 Å². The van der Waals surface area contributed by atoms with E-state index in [1.54, 1.807) is 0 Å². The lowest BCUT2D eigenvalue weighted by molar-refractivity contribution is 0.473. The molecular weight excluding hydrogens is 252 g/mol. The molecule has 1 heterocycles. The number of benzene rings is 1. The summed E-state index contributed by atoms with van der Waals surface area (Å²) in [6, 6.07) is 8.83. The highest BCUT2D eigenvalue weighted by molar-refractivity contribution is 7.99. The minimum atomic E-state index is 0.0570. The van der Waals surface area contributed by atoms with E-state index in [0.717, 1.165) is 12.2 Å². The maximum atomic E-state index is 5.73. The van der Waals surface area contributed by atoms with E-state index in [-0.39, 0.29) is 11.5 Å². The third kappa shape index (κ3) is 3.76. The average Bonchev–Trinajstić information content (AvgIpc) is 2.77. The monoisotopic (exact) mass is 274 g/mol. The first-order chi connectivity index (χ1) is 9.01. The molecule has 0 radical (unpaired) electrons. The molecular formula is C16H22N2S. The standard InChI is InChI=1S/C16H22N2S/c1-16(2,3)10-6-8-14(18-17)13-11-19-15-9-5-4-7-12(13)15/h4-5,7,9,13-14,18H,8,11,17H2,1-3H3. The van der Waals surface area contributed by atoms with Gasteiger partial charge in [0.1, 0.15) is 0 Å². The maximum Gasteiger partial charge on any atom is 0.0396 e. The van der Waals surface area contributed by atoms with E-state index in [4.69, 9.17) is 5.84 Å². The van der Waals surface area contributed by atoms with Crippen molar-refractivity contribution in [1.82, 2.24) is 5.43 Å². The normalized spacial score (nSPS) is 19.5. The maximum absolute atomic E-state index is 5.73. The molecule has 3 heteroatoms. The second-order valence-corrected chi connectivity index (χ2v) is 7.05. The zero-order valence-corrected chi connectivity index (χ0v) is 12.7. The first kappa shape index (κ1) is 14.5. The van der Waals surface area contributed by atoms with Crippen molar-refractivity contribution in [2.75, 3.05) is 5.75 Å². The topological polar surface area (TPSA) is 38.0 Å². The first-order valence-corrected chi connectivity index (χ1v) is 7.68. The van der Waals surface area contributed by atoms with Crippen LogP contribution < -0.4 is 11.3 Å². The van der Waals surface area contributed by atoms with Gasteiger partial charge in [-0.25, -0.2) is 0 Å². The molecule has 1 aliphatic rings. The molecule has 1 aliphatic heterocycles. The van der Waals surface area contributed by atoms with Gasteiger partial charge in [-0.1, -0.05) is 24.1 Å². The van der Waals surface area contributed by atoms with E-state index in [0.29, 0.717) is 5.92 Å². The molecule has 3 N–H and O–H groups in total. The minimum absolute atomic E-state index is 0.0570. The third-order valence-corrected chi connectivity index (χ3v) is 4.43. The van der Waals surface area contributed by atoms with Crippen LogP contribution in [0.3, 0.4) is 0 Å². The molecule has 0 saturated carbocycles. The summed E-state index contributed by atoms with van der Waals surface area (Å²) in [6.07, 6.45) is 0.799. The average molecular weight is 274 g/mol. The molecule has 0 bridgehead atoms. The summed E-state index contributed by atoms with van der Waals surface area (Å²) in [5.74, 6) is 13.8. The Hall–Kier alpha value is -0.950. The predicted octanol–water partition coefficient (Wildman–Crippen LogP) is 3.15. The zero-order valence-electron chi connectivity index (χ0n) is 11.9. The van der Waals surface area contributed by atoms with Gasteiger partial charge in [-0.05, 0) is 32.4 Å². The first-order valence-electron chi connectivity index (χ1n) is 6.69.